The summed E-state index contributed by atoms with van der Waals surface area (Å²) < 4.78 is 0. The molecule has 1 heterocycles. The lowest BCUT2D eigenvalue weighted by Crippen LogP contribution is -2.31. The summed E-state index contributed by atoms with van der Waals surface area (Å²) >= 11 is 0. The Balaban J connectivity index is 2.52. The molecule has 0 fully saturated rings. The van der Waals surface area contributed by atoms with Crippen LogP contribution in [0.15, 0.2) is 36.7 Å². The average molecular weight is 202 g/mol. The van der Waals surface area contributed by atoms with Crippen LogP contribution in [0.5, 0.6) is 0 Å². The van der Waals surface area contributed by atoms with Crippen LogP contribution in [0.2, 0.25) is 0 Å². The highest BCUT2D eigenvalue weighted by atomic mass is 16.5. The molecule has 0 bridgehead atoms. The molecule has 1 aromatic heterocycles. The molecule has 0 saturated carbocycles. The normalized spacial score (nSPS) is 10.3. The van der Waals surface area contributed by atoms with E-state index in [0.717, 1.165) is 10.8 Å². The summed E-state index contributed by atoms with van der Waals surface area (Å²) in [5, 5.41) is 12.2. The maximum absolute atomic E-state index is 11.3. The first-order valence-electron chi connectivity index (χ1n) is 4.28. The van der Waals surface area contributed by atoms with E-state index in [1.807, 2.05) is 0 Å². The number of pyridine rings is 1. The van der Waals surface area contributed by atoms with E-state index in [0.29, 0.717) is 0 Å². The maximum atomic E-state index is 11.3. The van der Waals surface area contributed by atoms with Gasteiger partial charge in [0, 0.05) is 23.3 Å². The molecule has 0 aliphatic carbocycles. The summed E-state index contributed by atoms with van der Waals surface area (Å²) in [5.74, 6) is 4.07. The molecule has 0 saturated heterocycles. The van der Waals surface area contributed by atoms with Gasteiger partial charge in [-0.2, -0.15) is 0 Å². The SMILES string of the molecule is NN([O-])C(=O)c1ccc2cnccc2c1. The number of nitrogens with zero attached hydrogens (tertiary/aromatic N) is 2. The zero-order valence-electron chi connectivity index (χ0n) is 7.75. The van der Waals surface area contributed by atoms with E-state index in [1.54, 1.807) is 36.7 Å². The molecule has 5 nitrogen and oxygen atoms in total. The number of hydrazine groups is 1. The van der Waals surface area contributed by atoms with Crippen LogP contribution in [-0.4, -0.2) is 16.1 Å². The second-order valence-electron chi connectivity index (χ2n) is 3.07. The Hall–Kier alpha value is -1.98. The summed E-state index contributed by atoms with van der Waals surface area (Å²) in [6.07, 6.45) is 3.30. The van der Waals surface area contributed by atoms with Crippen LogP contribution < -0.4 is 5.84 Å². The molecule has 0 spiro atoms. The topological polar surface area (TPSA) is 82.3 Å². The third-order valence-electron chi connectivity index (χ3n) is 2.09. The Morgan fingerprint density at radius 2 is 2.13 bits per heavy atom. The van der Waals surface area contributed by atoms with Gasteiger partial charge in [0.05, 0.1) is 0 Å². The fourth-order valence-corrected chi connectivity index (χ4v) is 1.34. The largest absolute Gasteiger partial charge is 0.741 e. The highest BCUT2D eigenvalue weighted by Crippen LogP contribution is 2.14. The minimum absolute atomic E-state index is 0.178. The van der Waals surface area contributed by atoms with Gasteiger partial charge in [0.2, 0.25) is 0 Å². The van der Waals surface area contributed by atoms with Crippen molar-refractivity contribution in [2.24, 2.45) is 5.84 Å². The number of fused-ring (bicyclic) bond motifs is 1. The van der Waals surface area contributed by atoms with Gasteiger partial charge in [-0.3, -0.25) is 15.6 Å². The Morgan fingerprint density at radius 3 is 2.87 bits per heavy atom. The van der Waals surface area contributed by atoms with Crippen LogP contribution in [0.3, 0.4) is 0 Å². The van der Waals surface area contributed by atoms with Gasteiger partial charge in [-0.05, 0) is 23.6 Å². The summed E-state index contributed by atoms with van der Waals surface area (Å²) in [5.41, 5.74) is 0.270. The van der Waals surface area contributed by atoms with E-state index in [9.17, 15) is 10.0 Å². The first-order valence-corrected chi connectivity index (χ1v) is 4.28. The third-order valence-corrected chi connectivity index (χ3v) is 2.09. The molecule has 5 heteroatoms. The van der Waals surface area contributed by atoms with E-state index in [1.165, 1.54) is 0 Å². The molecule has 0 atom stereocenters. The number of carbonyl (C=O) groups is 1. The molecule has 0 aliphatic rings. The monoisotopic (exact) mass is 202 g/mol. The Bertz CT molecular complexity index is 511. The molecule has 1 aromatic carbocycles. The second kappa shape index (κ2) is 3.64. The zero-order chi connectivity index (χ0) is 10.8. The Morgan fingerprint density at radius 1 is 1.33 bits per heavy atom. The van der Waals surface area contributed by atoms with Crippen molar-refractivity contribution in [1.82, 2.24) is 10.2 Å². The van der Waals surface area contributed by atoms with Gasteiger partial charge >= 0.3 is 0 Å². The number of hydrogen-bond donors (Lipinski definition) is 1. The van der Waals surface area contributed by atoms with Crippen LogP contribution in [0.4, 0.5) is 0 Å². The summed E-state index contributed by atoms with van der Waals surface area (Å²) in [7, 11) is 0. The fraction of sp³-hybridized carbons (Fsp3) is 0. The van der Waals surface area contributed by atoms with Crippen molar-refractivity contribution in [3.8, 4) is 0 Å². The first kappa shape index (κ1) is 9.57. The number of carbonyl (C=O) groups excluding carboxylic acids is 1. The van der Waals surface area contributed by atoms with Crippen LogP contribution >= 0.6 is 0 Å². The van der Waals surface area contributed by atoms with Crippen molar-refractivity contribution < 1.29 is 4.79 Å². The number of rotatable bonds is 1. The molecule has 2 N–H and O–H groups in total. The quantitative estimate of drug-likeness (QED) is 0.425. The van der Waals surface area contributed by atoms with Gasteiger partial charge in [-0.1, -0.05) is 6.07 Å². The van der Waals surface area contributed by atoms with Gasteiger partial charge in [-0.15, -0.1) is 0 Å². The number of amides is 1. The lowest BCUT2D eigenvalue weighted by Gasteiger charge is -2.21. The molecule has 0 aliphatic heterocycles. The average Bonchev–Trinajstić information content (AvgIpc) is 2.27. The minimum Gasteiger partial charge on any atom is -0.741 e. The lowest BCUT2D eigenvalue weighted by atomic mass is 10.1. The highest BCUT2D eigenvalue weighted by Gasteiger charge is 2.05. The molecule has 15 heavy (non-hydrogen) atoms. The molecule has 0 unspecified atom stereocenters. The van der Waals surface area contributed by atoms with E-state index >= 15 is 0 Å². The van der Waals surface area contributed by atoms with E-state index in [2.05, 4.69) is 4.98 Å². The van der Waals surface area contributed by atoms with Gasteiger partial charge in [0.25, 0.3) is 5.91 Å². The zero-order valence-corrected chi connectivity index (χ0v) is 7.75. The Labute approximate surface area is 85.7 Å². The van der Waals surface area contributed by atoms with Crippen molar-refractivity contribution >= 4 is 16.7 Å². The highest BCUT2D eigenvalue weighted by molar-refractivity contribution is 5.98. The lowest BCUT2D eigenvalue weighted by molar-refractivity contribution is 0.0822. The van der Waals surface area contributed by atoms with Crippen LogP contribution in [0.1, 0.15) is 10.4 Å². The number of hydrogen-bond acceptors (Lipinski definition) is 4. The van der Waals surface area contributed by atoms with Crippen LogP contribution in [-0.2, 0) is 0 Å². The summed E-state index contributed by atoms with van der Waals surface area (Å²) in [6.45, 7) is 0. The standard InChI is InChI=1S/C10H8N3O2/c11-13(15)10(14)8-1-2-9-6-12-4-3-7(9)5-8/h1-6H,11H2/q-1. The molecule has 76 valence electrons. The molecule has 2 aromatic rings. The molecule has 2 rings (SSSR count). The van der Waals surface area contributed by atoms with Crippen molar-refractivity contribution in [2.75, 3.05) is 0 Å². The minimum atomic E-state index is -0.756. The van der Waals surface area contributed by atoms with Gasteiger partial charge in [0.15, 0.2) is 0 Å². The van der Waals surface area contributed by atoms with E-state index in [4.69, 9.17) is 5.84 Å². The number of benzene rings is 1. The van der Waals surface area contributed by atoms with Crippen molar-refractivity contribution in [1.29, 1.82) is 0 Å². The predicted octanol–water partition coefficient (Wildman–Crippen LogP) is 1.05. The number of hydroxylamine groups is 1. The molecular formula is C10H8N3O2-. The maximum Gasteiger partial charge on any atom is 0.257 e. The van der Waals surface area contributed by atoms with Crippen LogP contribution in [0.25, 0.3) is 10.8 Å². The third kappa shape index (κ3) is 1.78. The summed E-state index contributed by atoms with van der Waals surface area (Å²) in [4.78, 5) is 15.2. The molecule has 1 amide bonds. The summed E-state index contributed by atoms with van der Waals surface area (Å²) in [6, 6.07) is 6.64. The Kier molecular flexibility index (Phi) is 2.32. The van der Waals surface area contributed by atoms with Gasteiger partial charge in [-0.25, -0.2) is 0 Å². The first-order chi connectivity index (χ1) is 7.18. The fourth-order valence-electron chi connectivity index (χ4n) is 1.34. The van der Waals surface area contributed by atoms with Gasteiger partial charge < -0.3 is 10.4 Å². The van der Waals surface area contributed by atoms with Gasteiger partial charge in [0.1, 0.15) is 0 Å². The predicted molar refractivity (Wildman–Crippen MR) is 55.5 cm³/mol. The molecule has 0 radical (unpaired) electrons. The van der Waals surface area contributed by atoms with Crippen LogP contribution in [0, 0.1) is 5.21 Å². The smallest absolute Gasteiger partial charge is 0.257 e. The van der Waals surface area contributed by atoms with Crippen molar-refractivity contribution in [3.63, 3.8) is 0 Å². The van der Waals surface area contributed by atoms with Crippen molar-refractivity contribution in [2.45, 2.75) is 0 Å². The number of aromatic nitrogens is 1. The van der Waals surface area contributed by atoms with E-state index in [-0.39, 0.29) is 10.7 Å². The number of nitrogens with two attached hydrogens (primary N) is 1. The second-order valence-corrected chi connectivity index (χ2v) is 3.07. The molecular weight excluding hydrogens is 194 g/mol. The van der Waals surface area contributed by atoms with E-state index < -0.39 is 5.91 Å². The van der Waals surface area contributed by atoms with Crippen molar-refractivity contribution in [3.05, 3.63) is 47.4 Å².